The monoisotopic (exact) mass is 628 g/mol. The van der Waals surface area contributed by atoms with Crippen LogP contribution < -0.4 is 14.4 Å². The van der Waals surface area contributed by atoms with Gasteiger partial charge in [-0.2, -0.15) is 0 Å². The molecule has 0 aromatic heterocycles. The molecule has 4 amide bonds. The number of amides is 4. The van der Waals surface area contributed by atoms with E-state index in [4.69, 9.17) is 14.6 Å². The highest BCUT2D eigenvalue weighted by atomic mass is 16.5. The molecule has 2 aromatic rings. The number of rotatable bonds is 9. The maximum Gasteiger partial charge on any atom is 0.303 e. The number of phenolic OH excluding ortho intramolecular Hbond substituents is 1. The number of aromatic hydroxyl groups is 1. The number of aliphatic carboxylic acids is 1. The van der Waals surface area contributed by atoms with Crippen LogP contribution >= 0.6 is 0 Å². The lowest BCUT2D eigenvalue weighted by Gasteiger charge is -2.47. The number of para-hydroxylation sites is 1. The van der Waals surface area contributed by atoms with E-state index in [2.05, 4.69) is 0 Å². The lowest BCUT2D eigenvalue weighted by atomic mass is 9.52. The Morgan fingerprint density at radius 2 is 1.67 bits per heavy atom. The summed E-state index contributed by atoms with van der Waals surface area (Å²) in [6.45, 7) is 1.82. The van der Waals surface area contributed by atoms with Crippen molar-refractivity contribution < 1.29 is 43.7 Å². The summed E-state index contributed by atoms with van der Waals surface area (Å²) in [6.07, 6.45) is 6.12. The number of imide groups is 2. The number of benzene rings is 2. The lowest BCUT2D eigenvalue weighted by molar-refractivity contribution is -0.142. The van der Waals surface area contributed by atoms with Crippen LogP contribution in [0, 0.1) is 35.0 Å². The highest BCUT2D eigenvalue weighted by Gasteiger charge is 2.66. The first-order chi connectivity index (χ1) is 22.0. The maximum atomic E-state index is 14.4. The number of ether oxygens (including phenoxy) is 2. The largest absolute Gasteiger partial charge is 0.502 e. The Kier molecular flexibility index (Phi) is 7.95. The second-order valence-electron chi connectivity index (χ2n) is 12.5. The standard InChI is InChI=1S/C35H36N2O9/c1-35-24(14-11-19-16-26(45-2)30(40)27(17-19)46-3)21-12-13-22-29(33(43)36(31(22)41)15-7-10-28(38)39)23(21)18-25(35)32(42)37(34(35)44)20-8-5-4-6-9-20/h4-6,8-9,11-12,14,16-17,22-25,29,40H,7,10,13,15,18H2,1-3H3,(H,38,39)/t22-,23+,24-,25-,29-,35-/m0/s1. The third-order valence-corrected chi connectivity index (χ3v) is 10.2. The topological polar surface area (TPSA) is 151 Å². The van der Waals surface area contributed by atoms with E-state index in [-0.39, 0.29) is 66.7 Å². The second kappa shape index (κ2) is 11.8. The van der Waals surface area contributed by atoms with Crippen LogP contribution in [-0.4, -0.2) is 65.5 Å². The molecule has 6 atom stereocenters. The summed E-state index contributed by atoms with van der Waals surface area (Å²) in [5.74, 6) is -5.26. The van der Waals surface area contributed by atoms with Crippen LogP contribution in [0.25, 0.3) is 6.08 Å². The molecule has 1 saturated carbocycles. The summed E-state index contributed by atoms with van der Waals surface area (Å²) in [4.78, 5) is 69.3. The fourth-order valence-corrected chi connectivity index (χ4v) is 7.93. The van der Waals surface area contributed by atoms with Gasteiger partial charge in [-0.25, -0.2) is 4.90 Å². The molecule has 11 nitrogen and oxygen atoms in total. The first kappa shape index (κ1) is 31.1. The van der Waals surface area contributed by atoms with Crippen molar-refractivity contribution in [3.05, 3.63) is 65.8 Å². The zero-order chi connectivity index (χ0) is 32.9. The van der Waals surface area contributed by atoms with Gasteiger partial charge < -0.3 is 19.7 Å². The zero-order valence-corrected chi connectivity index (χ0v) is 25.8. The van der Waals surface area contributed by atoms with Crippen LogP contribution in [-0.2, 0) is 24.0 Å². The number of likely N-dealkylation sites (tertiary alicyclic amines) is 1. The van der Waals surface area contributed by atoms with Crippen molar-refractivity contribution >= 4 is 41.4 Å². The fraction of sp³-hybridized carbons (Fsp3) is 0.400. The molecule has 46 heavy (non-hydrogen) atoms. The first-order valence-electron chi connectivity index (χ1n) is 15.4. The van der Waals surface area contributed by atoms with Crippen molar-refractivity contribution in [2.45, 2.75) is 32.6 Å². The third-order valence-electron chi connectivity index (χ3n) is 10.2. The van der Waals surface area contributed by atoms with E-state index in [1.165, 1.54) is 24.0 Å². The molecule has 2 heterocycles. The molecule has 0 spiro atoms. The molecular weight excluding hydrogens is 592 g/mol. The summed E-state index contributed by atoms with van der Waals surface area (Å²) in [5, 5.41) is 19.5. The van der Waals surface area contributed by atoms with Gasteiger partial charge in [0.05, 0.1) is 43.1 Å². The number of nitrogens with zero attached hydrogens (tertiary/aromatic N) is 2. The molecule has 2 N–H and O–H groups in total. The van der Waals surface area contributed by atoms with E-state index >= 15 is 0 Å². The van der Waals surface area contributed by atoms with Crippen LogP contribution in [0.3, 0.4) is 0 Å². The van der Waals surface area contributed by atoms with Crippen LogP contribution in [0.5, 0.6) is 17.2 Å². The Morgan fingerprint density at radius 3 is 2.30 bits per heavy atom. The van der Waals surface area contributed by atoms with Gasteiger partial charge in [0, 0.05) is 18.9 Å². The molecule has 11 heteroatoms. The van der Waals surface area contributed by atoms with Gasteiger partial charge in [-0.3, -0.25) is 28.9 Å². The molecule has 0 radical (unpaired) electrons. The number of carbonyl (C=O) groups excluding carboxylic acids is 4. The summed E-state index contributed by atoms with van der Waals surface area (Å²) in [7, 11) is 2.85. The molecule has 6 rings (SSSR count). The number of anilines is 1. The molecule has 3 fully saturated rings. The Morgan fingerprint density at radius 1 is 1.00 bits per heavy atom. The second-order valence-corrected chi connectivity index (χ2v) is 12.5. The van der Waals surface area contributed by atoms with Crippen LogP contribution in [0.4, 0.5) is 5.69 Å². The van der Waals surface area contributed by atoms with E-state index in [9.17, 15) is 29.1 Å². The van der Waals surface area contributed by atoms with Gasteiger partial charge >= 0.3 is 5.97 Å². The van der Waals surface area contributed by atoms with Crippen molar-refractivity contribution in [1.82, 2.24) is 4.90 Å². The fourth-order valence-electron chi connectivity index (χ4n) is 7.93. The number of fused-ring (bicyclic) bond motifs is 4. The number of carboxylic acid groups (broad SMARTS) is 1. The molecule has 2 aromatic carbocycles. The maximum absolute atomic E-state index is 14.4. The quantitative estimate of drug-likeness (QED) is 0.310. The predicted octanol–water partition coefficient (Wildman–Crippen LogP) is 4.05. The molecule has 2 aliphatic heterocycles. The Labute approximate surface area is 266 Å². The molecule has 4 aliphatic rings. The highest BCUT2D eigenvalue weighted by molar-refractivity contribution is 6.24. The third kappa shape index (κ3) is 4.76. The van der Waals surface area contributed by atoms with Gasteiger partial charge in [-0.15, -0.1) is 0 Å². The Hall–Kier alpha value is -4.93. The van der Waals surface area contributed by atoms with Crippen molar-refractivity contribution in [2.24, 2.45) is 35.0 Å². The smallest absolute Gasteiger partial charge is 0.303 e. The minimum Gasteiger partial charge on any atom is -0.502 e. The van der Waals surface area contributed by atoms with Gasteiger partial charge in [0.15, 0.2) is 11.5 Å². The number of phenols is 1. The number of methoxy groups -OCH3 is 2. The van der Waals surface area contributed by atoms with Crippen molar-refractivity contribution in [3.8, 4) is 17.2 Å². The minimum absolute atomic E-state index is 0.0210. The lowest BCUT2D eigenvalue weighted by Crippen LogP contribution is -2.49. The van der Waals surface area contributed by atoms with E-state index in [1.54, 1.807) is 55.5 Å². The van der Waals surface area contributed by atoms with E-state index in [1.807, 2.05) is 12.2 Å². The SMILES string of the molecule is COc1cc(C=C[C@H]2C3=CC[C@@H]4C(=O)N(CCCC(=O)O)C(=O)[C@@H]4[C@@H]3C[C@H]3C(=O)N(c4ccccc4)C(=O)[C@@]23C)cc(OC)c1O. The normalized spacial score (nSPS) is 28.7. The van der Waals surface area contributed by atoms with Crippen LogP contribution in [0.15, 0.2) is 60.2 Å². The average Bonchev–Trinajstić information content (AvgIpc) is 3.40. The summed E-state index contributed by atoms with van der Waals surface area (Å²) >= 11 is 0. The van der Waals surface area contributed by atoms with Gasteiger partial charge in [0.1, 0.15) is 0 Å². The van der Waals surface area contributed by atoms with Crippen molar-refractivity contribution in [3.63, 3.8) is 0 Å². The minimum atomic E-state index is -1.18. The van der Waals surface area contributed by atoms with Gasteiger partial charge in [-0.1, -0.05) is 42.0 Å². The van der Waals surface area contributed by atoms with Crippen LogP contribution in [0.2, 0.25) is 0 Å². The zero-order valence-electron chi connectivity index (χ0n) is 25.8. The van der Waals surface area contributed by atoms with E-state index in [0.29, 0.717) is 17.7 Å². The summed E-state index contributed by atoms with van der Waals surface area (Å²) < 4.78 is 10.6. The first-order valence-corrected chi connectivity index (χ1v) is 15.4. The summed E-state index contributed by atoms with van der Waals surface area (Å²) in [6, 6.07) is 12.0. The molecule has 2 saturated heterocycles. The van der Waals surface area contributed by atoms with Crippen LogP contribution in [0.1, 0.15) is 38.2 Å². The molecule has 0 unspecified atom stereocenters. The number of carboxylic acids is 1. The Balaban J connectivity index is 1.43. The number of carbonyl (C=O) groups is 5. The molecule has 0 bridgehead atoms. The summed E-state index contributed by atoms with van der Waals surface area (Å²) in [5.41, 5.74) is 0.738. The average molecular weight is 629 g/mol. The molecule has 240 valence electrons. The van der Waals surface area contributed by atoms with Gasteiger partial charge in [0.2, 0.25) is 29.4 Å². The number of hydrogen-bond donors (Lipinski definition) is 2. The highest BCUT2D eigenvalue weighted by Crippen LogP contribution is 2.61. The Bertz CT molecular complexity index is 1660. The van der Waals surface area contributed by atoms with Crippen molar-refractivity contribution in [2.75, 3.05) is 25.7 Å². The molecule has 2 aliphatic carbocycles. The number of allylic oxidation sites excluding steroid dienone is 3. The predicted molar refractivity (Wildman–Crippen MR) is 166 cm³/mol. The van der Waals surface area contributed by atoms with E-state index in [0.717, 1.165) is 5.57 Å². The van der Waals surface area contributed by atoms with Gasteiger partial charge in [-0.05, 0) is 61.9 Å². The van der Waals surface area contributed by atoms with Gasteiger partial charge in [0.25, 0.3) is 0 Å². The number of hydrogen-bond acceptors (Lipinski definition) is 8. The molecular formula is C35H36N2O9. The van der Waals surface area contributed by atoms with Crippen molar-refractivity contribution in [1.29, 1.82) is 0 Å². The van der Waals surface area contributed by atoms with E-state index < -0.39 is 41.0 Å².